The highest BCUT2D eigenvalue weighted by molar-refractivity contribution is 5.92. The number of nitrogens with zero attached hydrogens (tertiary/aromatic N) is 3. The number of carbonyl (C=O) groups is 1. The van der Waals surface area contributed by atoms with Gasteiger partial charge in [-0.2, -0.15) is 18.3 Å². The Balaban J connectivity index is 1.79. The maximum absolute atomic E-state index is 13.7. The van der Waals surface area contributed by atoms with Crippen LogP contribution >= 0.6 is 0 Å². The first kappa shape index (κ1) is 16.4. The summed E-state index contributed by atoms with van der Waals surface area (Å²) in [6.07, 6.45) is -4.05. The minimum absolute atomic E-state index is 0.116. The average molecular weight is 343 g/mol. The van der Waals surface area contributed by atoms with Gasteiger partial charge in [0, 0.05) is 19.2 Å². The summed E-state index contributed by atoms with van der Waals surface area (Å²) < 4.78 is 53.3. The van der Waals surface area contributed by atoms with Crippen LogP contribution in [0.1, 0.15) is 16.9 Å². The summed E-state index contributed by atoms with van der Waals surface area (Å²) in [6.45, 7) is -1.08. The van der Waals surface area contributed by atoms with E-state index in [1.165, 1.54) is 30.5 Å². The van der Waals surface area contributed by atoms with Crippen LogP contribution in [0.2, 0.25) is 0 Å². The molecule has 128 valence electrons. The largest absolute Gasteiger partial charge is 0.419 e. The van der Waals surface area contributed by atoms with Crippen molar-refractivity contribution >= 4 is 5.91 Å². The average Bonchev–Trinajstić information content (AvgIpc) is 3.14. The molecule has 9 heteroatoms. The summed E-state index contributed by atoms with van der Waals surface area (Å²) in [5.74, 6) is -1.29. The Bertz CT molecular complexity index is 774. The summed E-state index contributed by atoms with van der Waals surface area (Å²) in [5.41, 5.74) is -2.91. The van der Waals surface area contributed by atoms with Crippen LogP contribution in [0, 0.1) is 5.82 Å². The molecule has 1 aliphatic rings. The second-order valence-corrected chi connectivity index (χ2v) is 5.60. The van der Waals surface area contributed by atoms with Gasteiger partial charge in [-0.15, -0.1) is 0 Å². The molecule has 0 radical (unpaired) electrons. The predicted molar refractivity (Wildman–Crippen MR) is 75.0 cm³/mol. The van der Waals surface area contributed by atoms with Crippen LogP contribution in [-0.4, -0.2) is 50.6 Å². The first-order chi connectivity index (χ1) is 11.2. The number of likely N-dealkylation sites (tertiary alicyclic amines) is 1. The van der Waals surface area contributed by atoms with Crippen LogP contribution in [0.4, 0.5) is 17.6 Å². The zero-order chi connectivity index (χ0) is 17.5. The van der Waals surface area contributed by atoms with Crippen molar-refractivity contribution in [3.05, 3.63) is 48.0 Å². The van der Waals surface area contributed by atoms with E-state index in [0.29, 0.717) is 0 Å². The topological polar surface area (TPSA) is 58.4 Å². The van der Waals surface area contributed by atoms with Crippen molar-refractivity contribution in [2.24, 2.45) is 0 Å². The van der Waals surface area contributed by atoms with Gasteiger partial charge in [-0.3, -0.25) is 4.79 Å². The first-order valence-corrected chi connectivity index (χ1v) is 7.10. The number of benzene rings is 1. The SMILES string of the molecule is O=C(c1ccn(-c2ccccc2F)n1)N1CCC(O)(C(F)(F)F)C1. The molecular formula is C15H13F4N3O2. The molecule has 1 atom stereocenters. The molecule has 1 fully saturated rings. The summed E-state index contributed by atoms with van der Waals surface area (Å²) >= 11 is 0. The Morgan fingerprint density at radius 3 is 2.58 bits per heavy atom. The maximum atomic E-state index is 13.7. The number of amides is 1. The minimum atomic E-state index is -4.81. The molecule has 2 aromatic rings. The third-order valence-electron chi connectivity index (χ3n) is 3.97. The third-order valence-corrected chi connectivity index (χ3v) is 3.97. The molecular weight excluding hydrogens is 330 g/mol. The fraction of sp³-hybridized carbons (Fsp3) is 0.333. The van der Waals surface area contributed by atoms with E-state index in [4.69, 9.17) is 0 Å². The molecule has 0 saturated carbocycles. The van der Waals surface area contributed by atoms with Crippen molar-refractivity contribution < 1.29 is 27.5 Å². The molecule has 3 rings (SSSR count). The van der Waals surface area contributed by atoms with E-state index in [-0.39, 0.29) is 17.9 Å². The molecule has 0 spiro atoms. The van der Waals surface area contributed by atoms with Crippen LogP contribution in [-0.2, 0) is 0 Å². The number of para-hydroxylation sites is 1. The molecule has 0 aliphatic carbocycles. The summed E-state index contributed by atoms with van der Waals surface area (Å²) in [4.78, 5) is 13.2. The highest BCUT2D eigenvalue weighted by Crippen LogP contribution is 2.37. The van der Waals surface area contributed by atoms with Crippen LogP contribution in [0.25, 0.3) is 5.69 Å². The molecule has 1 unspecified atom stereocenters. The fourth-order valence-corrected chi connectivity index (χ4v) is 2.57. The lowest BCUT2D eigenvalue weighted by atomic mass is 10.0. The zero-order valence-corrected chi connectivity index (χ0v) is 12.3. The highest BCUT2D eigenvalue weighted by atomic mass is 19.4. The van der Waals surface area contributed by atoms with Crippen LogP contribution in [0.15, 0.2) is 36.5 Å². The molecule has 1 aromatic carbocycles. The number of rotatable bonds is 2. The van der Waals surface area contributed by atoms with Crippen molar-refractivity contribution in [3.8, 4) is 5.69 Å². The molecule has 1 saturated heterocycles. The van der Waals surface area contributed by atoms with Gasteiger partial charge in [-0.25, -0.2) is 9.07 Å². The summed E-state index contributed by atoms with van der Waals surface area (Å²) in [6, 6.07) is 7.05. The van der Waals surface area contributed by atoms with E-state index in [1.54, 1.807) is 6.07 Å². The summed E-state index contributed by atoms with van der Waals surface area (Å²) in [7, 11) is 0. The molecule has 1 aliphatic heterocycles. The Hall–Kier alpha value is -2.42. The predicted octanol–water partition coefficient (Wildman–Crippen LogP) is 2.15. The van der Waals surface area contributed by atoms with E-state index >= 15 is 0 Å². The van der Waals surface area contributed by atoms with Gasteiger partial charge in [0.25, 0.3) is 5.91 Å². The standard InChI is InChI=1S/C15H13F4N3O2/c16-10-3-1-2-4-12(10)22-7-5-11(20-22)13(23)21-8-6-14(24,9-21)15(17,18)19/h1-5,7,24H,6,8-9H2. The maximum Gasteiger partial charge on any atom is 0.419 e. The second-order valence-electron chi connectivity index (χ2n) is 5.60. The van der Waals surface area contributed by atoms with Crippen LogP contribution < -0.4 is 0 Å². The monoisotopic (exact) mass is 343 g/mol. The highest BCUT2D eigenvalue weighted by Gasteiger charge is 2.57. The van der Waals surface area contributed by atoms with Gasteiger partial charge in [0.1, 0.15) is 11.5 Å². The lowest BCUT2D eigenvalue weighted by Gasteiger charge is -2.25. The van der Waals surface area contributed by atoms with Gasteiger partial charge in [0.05, 0.1) is 6.54 Å². The lowest BCUT2D eigenvalue weighted by molar-refractivity contribution is -0.253. The van der Waals surface area contributed by atoms with E-state index in [1.807, 2.05) is 0 Å². The van der Waals surface area contributed by atoms with Crippen molar-refractivity contribution in [3.63, 3.8) is 0 Å². The molecule has 2 heterocycles. The number of β-amino-alcohol motifs (C(OH)–C–C–N with tert-alkyl or cyclic N) is 1. The fourth-order valence-electron chi connectivity index (χ4n) is 2.57. The molecule has 1 N–H and O–H groups in total. The molecule has 5 nitrogen and oxygen atoms in total. The minimum Gasteiger partial charge on any atom is -0.379 e. The Morgan fingerprint density at radius 1 is 1.25 bits per heavy atom. The van der Waals surface area contributed by atoms with Crippen LogP contribution in [0.3, 0.4) is 0 Å². The van der Waals surface area contributed by atoms with E-state index in [9.17, 15) is 27.5 Å². The first-order valence-electron chi connectivity index (χ1n) is 7.10. The van der Waals surface area contributed by atoms with Crippen molar-refractivity contribution in [1.29, 1.82) is 0 Å². The van der Waals surface area contributed by atoms with Crippen LogP contribution in [0.5, 0.6) is 0 Å². The number of hydrogen-bond donors (Lipinski definition) is 1. The number of alkyl halides is 3. The van der Waals surface area contributed by atoms with Crippen molar-refractivity contribution in [2.75, 3.05) is 13.1 Å². The Kier molecular flexibility index (Phi) is 3.83. The molecule has 1 aromatic heterocycles. The number of carbonyl (C=O) groups excluding carboxylic acids is 1. The van der Waals surface area contributed by atoms with Gasteiger partial charge >= 0.3 is 6.18 Å². The van der Waals surface area contributed by atoms with E-state index < -0.39 is 36.5 Å². The Morgan fingerprint density at radius 2 is 1.96 bits per heavy atom. The van der Waals surface area contributed by atoms with Gasteiger partial charge in [0.15, 0.2) is 11.3 Å². The smallest absolute Gasteiger partial charge is 0.379 e. The van der Waals surface area contributed by atoms with Crippen molar-refractivity contribution in [2.45, 2.75) is 18.2 Å². The van der Waals surface area contributed by atoms with E-state index in [0.717, 1.165) is 9.58 Å². The third kappa shape index (κ3) is 2.75. The number of aromatic nitrogens is 2. The number of aliphatic hydroxyl groups is 1. The number of halogens is 4. The number of hydrogen-bond acceptors (Lipinski definition) is 3. The molecule has 1 amide bonds. The van der Waals surface area contributed by atoms with Gasteiger partial charge in [-0.1, -0.05) is 12.1 Å². The molecule has 0 bridgehead atoms. The zero-order valence-electron chi connectivity index (χ0n) is 12.3. The van der Waals surface area contributed by atoms with E-state index in [2.05, 4.69) is 5.10 Å². The summed E-state index contributed by atoms with van der Waals surface area (Å²) in [5, 5.41) is 13.5. The van der Waals surface area contributed by atoms with Gasteiger partial charge in [-0.05, 0) is 18.2 Å². The van der Waals surface area contributed by atoms with Crippen molar-refractivity contribution in [1.82, 2.24) is 14.7 Å². The normalized spacial score (nSPS) is 21.3. The quantitative estimate of drug-likeness (QED) is 0.850. The molecule has 24 heavy (non-hydrogen) atoms. The van der Waals surface area contributed by atoms with Gasteiger partial charge in [0.2, 0.25) is 0 Å². The Labute approximate surface area is 134 Å². The van der Waals surface area contributed by atoms with Gasteiger partial charge < -0.3 is 10.0 Å². The lowest BCUT2D eigenvalue weighted by Crippen LogP contribution is -2.48. The second kappa shape index (κ2) is 5.59.